The van der Waals surface area contributed by atoms with Gasteiger partial charge in [-0.25, -0.2) is 18.4 Å². The molecule has 0 fully saturated rings. The molecule has 0 radical (unpaired) electrons. The largest absolute Gasteiger partial charge is 0.433 e. The summed E-state index contributed by atoms with van der Waals surface area (Å²) in [5.74, 6) is -1.93. The smallest absolute Gasteiger partial charge is 0.285 e. The lowest BCUT2D eigenvalue weighted by Crippen LogP contribution is -2.19. The number of fused-ring (bicyclic) bond motifs is 1. The Kier molecular flexibility index (Phi) is 5.94. The number of nitrogens with zero attached hydrogens (tertiary/aromatic N) is 4. The van der Waals surface area contributed by atoms with Crippen LogP contribution < -0.4 is 5.43 Å². The molecule has 34 heavy (non-hydrogen) atoms. The summed E-state index contributed by atoms with van der Waals surface area (Å²) in [7, 11) is 0. The summed E-state index contributed by atoms with van der Waals surface area (Å²) in [6.07, 6.45) is -3.03. The van der Waals surface area contributed by atoms with E-state index in [0.717, 1.165) is 29.1 Å². The first-order chi connectivity index (χ1) is 16.0. The van der Waals surface area contributed by atoms with Crippen molar-refractivity contribution in [3.8, 4) is 5.69 Å². The molecule has 0 N–H and O–H groups in total. The molecule has 1 aromatic carbocycles. The second-order valence-corrected chi connectivity index (χ2v) is 7.85. The zero-order valence-electron chi connectivity index (χ0n) is 17.6. The molecule has 0 spiro atoms. The minimum atomic E-state index is -4.65. The van der Waals surface area contributed by atoms with Crippen LogP contribution in [0.25, 0.3) is 28.6 Å². The molecule has 4 rings (SSSR count). The number of pyridine rings is 2. The van der Waals surface area contributed by atoms with Crippen LogP contribution in [0.4, 0.5) is 22.0 Å². The van der Waals surface area contributed by atoms with E-state index in [2.05, 4.69) is 15.1 Å². The maximum absolute atomic E-state index is 15.2. The summed E-state index contributed by atoms with van der Waals surface area (Å²) in [6.45, 7) is 3.39. The Morgan fingerprint density at radius 2 is 1.85 bits per heavy atom. The number of alkyl halides is 3. The van der Waals surface area contributed by atoms with Crippen LogP contribution >= 0.6 is 11.6 Å². The molecule has 3 aromatic heterocycles. The van der Waals surface area contributed by atoms with E-state index in [1.165, 1.54) is 12.1 Å². The van der Waals surface area contributed by atoms with Gasteiger partial charge in [-0.1, -0.05) is 17.7 Å². The highest BCUT2D eigenvalue weighted by molar-refractivity contribution is 6.30. The van der Waals surface area contributed by atoms with Gasteiger partial charge in [0.25, 0.3) is 0 Å². The van der Waals surface area contributed by atoms with Gasteiger partial charge in [-0.15, -0.1) is 0 Å². The third-order valence-electron chi connectivity index (χ3n) is 5.04. The third-order valence-corrected chi connectivity index (χ3v) is 5.27. The highest BCUT2D eigenvalue weighted by atomic mass is 35.5. The fraction of sp³-hybridized carbons (Fsp3) is 0.130. The van der Waals surface area contributed by atoms with Crippen LogP contribution in [0.15, 0.2) is 47.4 Å². The topological polar surface area (TPSA) is 60.7 Å². The van der Waals surface area contributed by atoms with E-state index in [1.807, 2.05) is 0 Å². The molecule has 5 nitrogen and oxygen atoms in total. The molecule has 3 heterocycles. The lowest BCUT2D eigenvalue weighted by atomic mass is 10.1. The molecule has 0 saturated carbocycles. The summed E-state index contributed by atoms with van der Waals surface area (Å²) in [4.78, 5) is 20.5. The average Bonchev–Trinajstić information content (AvgIpc) is 2.76. The maximum Gasteiger partial charge on any atom is 0.433 e. The number of halogens is 6. The van der Waals surface area contributed by atoms with Gasteiger partial charge in [0.05, 0.1) is 5.52 Å². The number of hydrogen-bond donors (Lipinski definition) is 0. The van der Waals surface area contributed by atoms with Crippen molar-refractivity contribution in [2.75, 3.05) is 0 Å². The summed E-state index contributed by atoms with van der Waals surface area (Å²) >= 11 is 5.83. The SMILES string of the molecule is Cc1cc2c(nc1C)c(=O)c(/C(F)=C/c1ccc(C(F)(F)F)nc1)nn2-c1ccc(Cl)cc1F. The fourth-order valence-corrected chi connectivity index (χ4v) is 3.36. The molecule has 0 bridgehead atoms. The highest BCUT2D eigenvalue weighted by Crippen LogP contribution is 2.28. The number of benzene rings is 1. The van der Waals surface area contributed by atoms with E-state index in [9.17, 15) is 22.4 Å². The van der Waals surface area contributed by atoms with Gasteiger partial charge in [-0.3, -0.25) is 9.78 Å². The van der Waals surface area contributed by atoms with Crippen LogP contribution in [0, 0.1) is 19.7 Å². The zero-order chi connectivity index (χ0) is 24.8. The van der Waals surface area contributed by atoms with E-state index in [1.54, 1.807) is 19.9 Å². The molecule has 0 unspecified atom stereocenters. The van der Waals surface area contributed by atoms with Crippen molar-refractivity contribution in [2.24, 2.45) is 0 Å². The Morgan fingerprint density at radius 1 is 1.12 bits per heavy atom. The first-order valence-corrected chi connectivity index (χ1v) is 10.1. The van der Waals surface area contributed by atoms with Crippen molar-refractivity contribution in [3.63, 3.8) is 0 Å². The molecular weight excluding hydrogens is 479 g/mol. The van der Waals surface area contributed by atoms with E-state index in [-0.39, 0.29) is 27.3 Å². The van der Waals surface area contributed by atoms with Gasteiger partial charge >= 0.3 is 6.18 Å². The lowest BCUT2D eigenvalue weighted by molar-refractivity contribution is -0.141. The zero-order valence-corrected chi connectivity index (χ0v) is 18.3. The molecule has 0 amide bonds. The number of rotatable bonds is 3. The van der Waals surface area contributed by atoms with Gasteiger partial charge < -0.3 is 0 Å². The Hall–Kier alpha value is -3.66. The van der Waals surface area contributed by atoms with E-state index in [0.29, 0.717) is 17.3 Å². The van der Waals surface area contributed by atoms with Crippen LogP contribution in [0.1, 0.15) is 28.2 Å². The molecule has 0 aliphatic heterocycles. The standard InChI is InChI=1S/C23H14ClF5N4O/c1-11-7-18-21(31-12(11)2)22(34)20(32-33(18)17-5-4-14(24)9-15(17)25)16(26)8-13-3-6-19(30-10-13)23(27,28)29/h3-10H,1-2H3/b16-8-. The third kappa shape index (κ3) is 4.41. The van der Waals surface area contributed by atoms with Gasteiger partial charge in [0.1, 0.15) is 22.7 Å². The maximum atomic E-state index is 15.2. The first-order valence-electron chi connectivity index (χ1n) is 9.73. The predicted octanol–water partition coefficient (Wildman–Crippen LogP) is 6.07. The highest BCUT2D eigenvalue weighted by Gasteiger charge is 2.32. The summed E-state index contributed by atoms with van der Waals surface area (Å²) in [5.41, 5.74) is -1.68. The molecule has 0 aliphatic carbocycles. The number of hydrogen-bond acceptors (Lipinski definition) is 4. The van der Waals surface area contributed by atoms with Crippen molar-refractivity contribution < 1.29 is 22.0 Å². The minimum Gasteiger partial charge on any atom is -0.285 e. The van der Waals surface area contributed by atoms with Crippen molar-refractivity contribution in [1.82, 2.24) is 19.7 Å². The Morgan fingerprint density at radius 3 is 2.47 bits per heavy atom. The van der Waals surface area contributed by atoms with Crippen LogP contribution in [-0.4, -0.2) is 19.7 Å². The summed E-state index contributed by atoms with van der Waals surface area (Å²) < 4.78 is 69.1. The van der Waals surface area contributed by atoms with Crippen LogP contribution in [-0.2, 0) is 6.18 Å². The van der Waals surface area contributed by atoms with E-state index < -0.39 is 34.6 Å². The molecule has 4 aromatic rings. The molecule has 0 aliphatic rings. The van der Waals surface area contributed by atoms with Gasteiger partial charge in [0.15, 0.2) is 11.5 Å². The quantitative estimate of drug-likeness (QED) is 0.326. The number of aromatic nitrogens is 4. The Balaban J connectivity index is 1.94. The minimum absolute atomic E-state index is 0.0379. The van der Waals surface area contributed by atoms with Crippen molar-refractivity contribution in [1.29, 1.82) is 0 Å². The average molecular weight is 493 g/mol. The molecule has 0 saturated heterocycles. The van der Waals surface area contributed by atoms with Gasteiger partial charge in [-0.2, -0.15) is 18.3 Å². The van der Waals surface area contributed by atoms with Gasteiger partial charge in [-0.05, 0) is 61.4 Å². The first kappa shape index (κ1) is 23.5. The van der Waals surface area contributed by atoms with Crippen LogP contribution in [0.3, 0.4) is 0 Å². The second kappa shape index (κ2) is 8.60. The predicted molar refractivity (Wildman–Crippen MR) is 118 cm³/mol. The van der Waals surface area contributed by atoms with E-state index in [4.69, 9.17) is 11.6 Å². The second-order valence-electron chi connectivity index (χ2n) is 7.41. The van der Waals surface area contributed by atoms with Crippen molar-refractivity contribution in [2.45, 2.75) is 20.0 Å². The summed E-state index contributed by atoms with van der Waals surface area (Å²) in [5, 5.41) is 4.15. The van der Waals surface area contributed by atoms with Crippen molar-refractivity contribution >= 4 is 34.5 Å². The van der Waals surface area contributed by atoms with Crippen LogP contribution in [0.5, 0.6) is 0 Å². The van der Waals surface area contributed by atoms with Gasteiger partial charge in [0.2, 0.25) is 5.43 Å². The molecular formula is C23H14ClF5N4O. The number of aryl methyl sites for hydroxylation is 2. The van der Waals surface area contributed by atoms with E-state index >= 15 is 4.39 Å². The lowest BCUT2D eigenvalue weighted by Gasteiger charge is -2.13. The van der Waals surface area contributed by atoms with Crippen molar-refractivity contribution in [3.05, 3.63) is 91.9 Å². The Bertz CT molecular complexity index is 1510. The van der Waals surface area contributed by atoms with Gasteiger partial charge in [0, 0.05) is 16.9 Å². The summed E-state index contributed by atoms with van der Waals surface area (Å²) in [6, 6.07) is 7.01. The molecule has 174 valence electrons. The monoisotopic (exact) mass is 492 g/mol. The fourth-order valence-electron chi connectivity index (χ4n) is 3.20. The molecule has 11 heteroatoms. The molecule has 0 atom stereocenters. The van der Waals surface area contributed by atoms with Crippen LogP contribution in [0.2, 0.25) is 5.02 Å². The Labute approximate surface area is 194 Å². The normalized spacial score (nSPS) is 12.4.